The molecule has 1 aliphatic heterocycles. The molecular weight excluding hydrogens is 524 g/mol. The van der Waals surface area contributed by atoms with Gasteiger partial charge in [-0.2, -0.15) is 35.5 Å². The summed E-state index contributed by atoms with van der Waals surface area (Å²) >= 11 is 3.22. The first-order valence-electron chi connectivity index (χ1n) is 12.3. The van der Waals surface area contributed by atoms with Crippen LogP contribution in [0.3, 0.4) is 0 Å². The summed E-state index contributed by atoms with van der Waals surface area (Å²) in [5.41, 5.74) is 2.20. The second-order valence-corrected chi connectivity index (χ2v) is 10.1. The number of nitrogens with zero attached hydrogens (tertiary/aromatic N) is 3. The van der Waals surface area contributed by atoms with E-state index in [4.69, 9.17) is 5.41 Å². The molecular formula is C27H33BrF3LiN4-2. The number of piperidine rings is 1. The summed E-state index contributed by atoms with van der Waals surface area (Å²) in [5.74, 6) is -0.926. The minimum Gasteiger partial charge on any atom is -0.910 e. The number of rotatable bonds is 10. The smallest absolute Gasteiger partial charge is 0.910 e. The van der Waals surface area contributed by atoms with Crippen molar-refractivity contribution in [1.29, 1.82) is 0 Å². The summed E-state index contributed by atoms with van der Waals surface area (Å²) in [4.78, 5) is 6.41. The predicted octanol–water partition coefficient (Wildman–Crippen LogP) is 3.75. The van der Waals surface area contributed by atoms with Gasteiger partial charge in [0.15, 0.2) is 0 Å². The molecule has 1 saturated carbocycles. The van der Waals surface area contributed by atoms with E-state index < -0.39 is 12.1 Å². The first-order chi connectivity index (χ1) is 16.9. The summed E-state index contributed by atoms with van der Waals surface area (Å²) in [6, 6.07) is 3.89. The van der Waals surface area contributed by atoms with Crippen LogP contribution in [0.15, 0.2) is 46.7 Å². The fourth-order valence-corrected chi connectivity index (χ4v) is 5.21. The molecule has 3 unspecified atom stereocenters. The van der Waals surface area contributed by atoms with Crippen molar-refractivity contribution < 1.29 is 32.0 Å². The number of likely N-dealkylation sites (tertiary alicyclic amines) is 1. The van der Waals surface area contributed by atoms with Crippen molar-refractivity contribution in [2.45, 2.75) is 70.1 Å². The molecule has 2 aliphatic rings. The summed E-state index contributed by atoms with van der Waals surface area (Å²) in [7, 11) is 0. The van der Waals surface area contributed by atoms with Crippen LogP contribution in [0.5, 0.6) is 0 Å². The normalized spacial score (nSPS) is 24.4. The summed E-state index contributed by atoms with van der Waals surface area (Å²) in [5, 5.41) is 12.2. The molecule has 0 bridgehead atoms. The average Bonchev–Trinajstić information content (AvgIpc) is 2.87. The molecule has 0 radical (unpaired) electrons. The SMILES string of the molecule is [Li+].[N-]=CC(Br)=[C-]CC/C=C(/C=[C-]NCc1cccnc1)C1CCCN(C2CCCC(C(F)(F)F)C2)C1. The Morgan fingerprint density at radius 1 is 1.28 bits per heavy atom. The van der Waals surface area contributed by atoms with E-state index >= 15 is 0 Å². The topological polar surface area (TPSA) is 50.5 Å². The summed E-state index contributed by atoms with van der Waals surface area (Å²) < 4.78 is 40.6. The molecule has 3 atom stereocenters. The third-order valence-corrected chi connectivity index (χ3v) is 7.32. The van der Waals surface area contributed by atoms with Gasteiger partial charge < -0.3 is 21.8 Å². The van der Waals surface area contributed by atoms with Crippen LogP contribution in [0.2, 0.25) is 0 Å². The van der Waals surface area contributed by atoms with Crippen molar-refractivity contribution in [2.24, 2.45) is 11.8 Å². The van der Waals surface area contributed by atoms with E-state index in [0.29, 0.717) is 23.9 Å². The van der Waals surface area contributed by atoms with Gasteiger partial charge in [0.05, 0.1) is 5.92 Å². The maximum atomic E-state index is 13.4. The van der Waals surface area contributed by atoms with Gasteiger partial charge in [-0.15, -0.1) is 6.42 Å². The van der Waals surface area contributed by atoms with Crippen LogP contribution in [-0.4, -0.2) is 41.4 Å². The van der Waals surface area contributed by atoms with E-state index in [9.17, 15) is 13.2 Å². The molecule has 1 N–H and O–H groups in total. The summed E-state index contributed by atoms with van der Waals surface area (Å²) in [6.45, 7) is 2.25. The van der Waals surface area contributed by atoms with Crippen molar-refractivity contribution in [1.82, 2.24) is 15.2 Å². The molecule has 1 aromatic heterocycles. The molecule has 0 aromatic carbocycles. The van der Waals surface area contributed by atoms with Gasteiger partial charge >= 0.3 is 25.0 Å². The van der Waals surface area contributed by atoms with E-state index in [1.165, 1.54) is 0 Å². The van der Waals surface area contributed by atoms with Crippen LogP contribution in [-0.2, 0) is 6.54 Å². The predicted molar refractivity (Wildman–Crippen MR) is 137 cm³/mol. The number of halogens is 4. The molecule has 36 heavy (non-hydrogen) atoms. The second-order valence-electron chi connectivity index (χ2n) is 9.29. The van der Waals surface area contributed by atoms with Gasteiger partial charge in [0.1, 0.15) is 0 Å². The Bertz CT molecular complexity index is 889. The van der Waals surface area contributed by atoms with E-state index in [-0.39, 0.29) is 43.7 Å². The standard InChI is InChI=1S/C27H33BrF3N4.Li/c28-25(17-32)10-2-1-7-22(12-14-34-19-21-6-4-13-33-18-21)23-8-5-15-35(20-23)26-11-3-9-24(16-26)27(29,30)31;/h4,6-7,12-13,17-18,23-24,26,34H,1-3,5,8-9,11,15-16,19-20H2;/q-3;+1/b22-7-;. The number of nitrogens with one attached hydrogen (secondary N) is 1. The van der Waals surface area contributed by atoms with Crippen LogP contribution < -0.4 is 24.2 Å². The van der Waals surface area contributed by atoms with Gasteiger partial charge in [-0.3, -0.25) is 11.1 Å². The van der Waals surface area contributed by atoms with Gasteiger partial charge in [-0.25, -0.2) is 6.08 Å². The van der Waals surface area contributed by atoms with E-state index in [0.717, 1.165) is 56.1 Å². The molecule has 0 spiro atoms. The molecule has 2 fully saturated rings. The number of pyridine rings is 1. The molecule has 3 rings (SSSR count). The second kappa shape index (κ2) is 15.8. The number of hydrogen-bond donors (Lipinski definition) is 1. The Morgan fingerprint density at radius 2 is 2.11 bits per heavy atom. The fourth-order valence-electron chi connectivity index (χ4n) is 5.01. The Labute approximate surface area is 233 Å². The maximum Gasteiger partial charge on any atom is 1.00 e. The number of unbranched alkanes of at least 4 members (excludes halogenated alkanes) is 1. The fraction of sp³-hybridized carbons (Fsp3) is 0.556. The zero-order valence-electron chi connectivity index (χ0n) is 20.9. The Balaban J connectivity index is 0.00000456. The van der Waals surface area contributed by atoms with Crippen molar-refractivity contribution in [3.05, 3.63) is 70.0 Å². The van der Waals surface area contributed by atoms with Gasteiger partial charge in [0.25, 0.3) is 0 Å². The van der Waals surface area contributed by atoms with E-state index in [2.05, 4.69) is 49.5 Å². The minimum atomic E-state index is -4.10. The average molecular weight is 557 g/mol. The monoisotopic (exact) mass is 556 g/mol. The maximum absolute atomic E-state index is 13.4. The molecule has 192 valence electrons. The Kier molecular flexibility index (Phi) is 13.6. The quantitative estimate of drug-likeness (QED) is 0.119. The molecule has 0 amide bonds. The van der Waals surface area contributed by atoms with Crippen LogP contribution in [0, 0.1) is 24.1 Å². The van der Waals surface area contributed by atoms with E-state index in [1.807, 2.05) is 18.2 Å². The zero-order valence-corrected chi connectivity index (χ0v) is 22.5. The van der Waals surface area contributed by atoms with Crippen molar-refractivity contribution in [3.8, 4) is 0 Å². The zero-order chi connectivity index (χ0) is 25.1. The third kappa shape index (κ3) is 10.2. The van der Waals surface area contributed by atoms with Crippen molar-refractivity contribution >= 4 is 22.1 Å². The number of allylic oxidation sites excluding steroid dienone is 4. The molecule has 2 heterocycles. The molecule has 4 nitrogen and oxygen atoms in total. The van der Waals surface area contributed by atoms with Crippen LogP contribution >= 0.6 is 15.9 Å². The molecule has 1 aliphatic carbocycles. The van der Waals surface area contributed by atoms with Crippen LogP contribution in [0.25, 0.3) is 5.41 Å². The number of alkyl halides is 3. The van der Waals surface area contributed by atoms with Gasteiger partial charge in [-0.1, -0.05) is 47.2 Å². The third-order valence-electron chi connectivity index (χ3n) is 6.84. The van der Waals surface area contributed by atoms with Gasteiger partial charge in [0.2, 0.25) is 0 Å². The van der Waals surface area contributed by atoms with Crippen molar-refractivity contribution in [2.75, 3.05) is 13.1 Å². The largest absolute Gasteiger partial charge is 1.00 e. The first-order valence-corrected chi connectivity index (χ1v) is 13.1. The number of aromatic nitrogens is 1. The number of hydrogen-bond acceptors (Lipinski definition) is 3. The van der Waals surface area contributed by atoms with Crippen LogP contribution in [0.4, 0.5) is 13.2 Å². The van der Waals surface area contributed by atoms with E-state index in [1.54, 1.807) is 12.4 Å². The summed E-state index contributed by atoms with van der Waals surface area (Å²) in [6.07, 6.45) is 16.1. The van der Waals surface area contributed by atoms with Gasteiger partial charge in [0, 0.05) is 25.0 Å². The van der Waals surface area contributed by atoms with Crippen molar-refractivity contribution in [3.63, 3.8) is 0 Å². The minimum absolute atomic E-state index is 0. The van der Waals surface area contributed by atoms with Crippen LogP contribution in [0.1, 0.15) is 56.9 Å². The molecule has 9 heteroatoms. The Morgan fingerprint density at radius 3 is 2.83 bits per heavy atom. The molecule has 1 saturated heterocycles. The first kappa shape index (κ1) is 30.9. The Hall–Kier alpha value is -1.33. The van der Waals surface area contributed by atoms with Gasteiger partial charge in [-0.05, 0) is 50.4 Å². The molecule has 1 aromatic rings.